The minimum Gasteiger partial charge on any atom is -0.376 e. The van der Waals surface area contributed by atoms with Crippen LogP contribution in [0.1, 0.15) is 37.3 Å². The number of nitrogens with zero attached hydrogens (tertiary/aromatic N) is 4. The molecule has 31 heavy (non-hydrogen) atoms. The Labute approximate surface area is 175 Å². The van der Waals surface area contributed by atoms with Gasteiger partial charge >= 0.3 is 12.1 Å². The van der Waals surface area contributed by atoms with Crippen LogP contribution in [-0.2, 0) is 9.53 Å². The van der Waals surface area contributed by atoms with Gasteiger partial charge in [-0.25, -0.2) is 23.1 Å². The van der Waals surface area contributed by atoms with E-state index in [9.17, 15) is 18.4 Å². The summed E-state index contributed by atoms with van der Waals surface area (Å²) in [7, 11) is 0. The molecule has 8 nitrogen and oxygen atoms in total. The van der Waals surface area contributed by atoms with Crippen molar-refractivity contribution in [1.29, 1.82) is 0 Å². The summed E-state index contributed by atoms with van der Waals surface area (Å²) in [6.45, 7) is 0.624. The van der Waals surface area contributed by atoms with Gasteiger partial charge < -0.3 is 9.64 Å². The molecular formula is C21H19F2N5O3. The fourth-order valence-corrected chi connectivity index (χ4v) is 3.87. The quantitative estimate of drug-likeness (QED) is 0.503. The van der Waals surface area contributed by atoms with Gasteiger partial charge in [-0.3, -0.25) is 10.1 Å². The molecule has 1 amide bonds. The minimum absolute atomic E-state index is 0.199. The van der Waals surface area contributed by atoms with Crippen molar-refractivity contribution in [2.45, 2.75) is 31.7 Å². The van der Waals surface area contributed by atoms with Gasteiger partial charge in [-0.1, -0.05) is 0 Å². The molecule has 10 heteroatoms. The van der Waals surface area contributed by atoms with E-state index >= 15 is 0 Å². The molecule has 160 valence electrons. The van der Waals surface area contributed by atoms with Crippen LogP contribution in [0.3, 0.4) is 0 Å². The number of hydrogen-bond donors (Lipinski definition) is 1. The number of esters is 1. The Balaban J connectivity index is 1.41. The number of ether oxygens (including phenoxy) is 1. The fraction of sp³-hybridized carbons (Fsp3) is 0.333. The highest BCUT2D eigenvalue weighted by Gasteiger charge is 2.33. The fourth-order valence-electron chi connectivity index (χ4n) is 3.87. The van der Waals surface area contributed by atoms with E-state index in [1.807, 2.05) is 4.90 Å². The molecule has 0 spiro atoms. The Kier molecular flexibility index (Phi) is 4.76. The monoisotopic (exact) mass is 427 g/mol. The summed E-state index contributed by atoms with van der Waals surface area (Å²) in [4.78, 5) is 30.2. The zero-order valence-electron chi connectivity index (χ0n) is 16.4. The molecule has 1 atom stereocenters. The highest BCUT2D eigenvalue weighted by molar-refractivity contribution is 5.96. The number of carbonyl (C=O) groups is 2. The Morgan fingerprint density at radius 2 is 2.00 bits per heavy atom. The Morgan fingerprint density at radius 3 is 2.81 bits per heavy atom. The van der Waals surface area contributed by atoms with E-state index in [0.717, 1.165) is 31.4 Å². The summed E-state index contributed by atoms with van der Waals surface area (Å²) < 4.78 is 34.3. The van der Waals surface area contributed by atoms with E-state index in [1.54, 1.807) is 12.3 Å². The van der Waals surface area contributed by atoms with E-state index in [0.29, 0.717) is 24.4 Å². The second-order valence-corrected chi connectivity index (χ2v) is 7.74. The number of benzene rings is 1. The van der Waals surface area contributed by atoms with Gasteiger partial charge in [0.25, 0.3) is 0 Å². The number of rotatable bonds is 4. The summed E-state index contributed by atoms with van der Waals surface area (Å²) in [6.07, 6.45) is 5.11. The SMILES string of the molecule is O=C(Nc1cnn2ccc(N3CCCC3c3cc(F)ccc3F)nc12)OC(=O)C1CC1. The van der Waals surface area contributed by atoms with Crippen LogP contribution in [0.2, 0.25) is 0 Å². The van der Waals surface area contributed by atoms with Crippen LogP contribution in [0.25, 0.3) is 5.65 Å². The number of amides is 1. The lowest BCUT2D eigenvalue weighted by atomic mass is 10.0. The molecule has 1 saturated carbocycles. The van der Waals surface area contributed by atoms with Crippen LogP contribution in [0.5, 0.6) is 0 Å². The maximum absolute atomic E-state index is 14.4. The molecule has 5 rings (SSSR count). The van der Waals surface area contributed by atoms with Crippen LogP contribution in [0, 0.1) is 17.6 Å². The maximum Gasteiger partial charge on any atom is 0.419 e. The normalized spacial score (nSPS) is 18.4. The molecule has 1 N–H and O–H groups in total. The van der Waals surface area contributed by atoms with Gasteiger partial charge in [-0.05, 0) is 49.9 Å². The van der Waals surface area contributed by atoms with Crippen molar-refractivity contribution in [3.8, 4) is 0 Å². The van der Waals surface area contributed by atoms with Gasteiger partial charge in [0.1, 0.15) is 23.1 Å². The highest BCUT2D eigenvalue weighted by Crippen LogP contribution is 2.37. The largest absolute Gasteiger partial charge is 0.419 e. The lowest BCUT2D eigenvalue weighted by Gasteiger charge is -2.26. The average Bonchev–Trinajstić information content (AvgIpc) is 3.37. The number of halogens is 2. The number of aromatic nitrogens is 3. The van der Waals surface area contributed by atoms with Crippen molar-refractivity contribution in [3.63, 3.8) is 0 Å². The predicted molar refractivity (Wildman–Crippen MR) is 107 cm³/mol. The molecule has 1 aromatic carbocycles. The summed E-state index contributed by atoms with van der Waals surface area (Å²) in [6, 6.07) is 4.82. The summed E-state index contributed by atoms with van der Waals surface area (Å²) >= 11 is 0. The lowest BCUT2D eigenvalue weighted by molar-refractivity contribution is -0.138. The second-order valence-electron chi connectivity index (χ2n) is 7.74. The van der Waals surface area contributed by atoms with Crippen molar-refractivity contribution in [2.24, 2.45) is 5.92 Å². The van der Waals surface area contributed by atoms with E-state index in [2.05, 4.69) is 15.4 Å². The Hall–Kier alpha value is -3.56. The Bertz CT molecular complexity index is 1180. The summed E-state index contributed by atoms with van der Waals surface area (Å²) in [5, 5.41) is 6.64. The maximum atomic E-state index is 14.4. The molecule has 0 bridgehead atoms. The van der Waals surface area contributed by atoms with Crippen molar-refractivity contribution < 1.29 is 23.1 Å². The summed E-state index contributed by atoms with van der Waals surface area (Å²) in [5.41, 5.74) is 0.912. The standard InChI is InChI=1S/C21H19F2N5O3/c22-13-5-6-15(23)14(10-13)17-2-1-8-27(17)18-7-9-28-19(26-18)16(11-24-28)25-21(30)31-20(29)12-3-4-12/h5-7,9-12,17H,1-4,8H2,(H,25,30). The topological polar surface area (TPSA) is 88.8 Å². The number of carbonyl (C=O) groups excluding carboxylic acids is 2. The van der Waals surface area contributed by atoms with Crippen LogP contribution >= 0.6 is 0 Å². The zero-order valence-corrected chi connectivity index (χ0v) is 16.4. The van der Waals surface area contributed by atoms with Crippen molar-refractivity contribution in [1.82, 2.24) is 14.6 Å². The van der Waals surface area contributed by atoms with E-state index < -0.39 is 23.7 Å². The van der Waals surface area contributed by atoms with Crippen molar-refractivity contribution in [2.75, 3.05) is 16.8 Å². The van der Waals surface area contributed by atoms with Gasteiger partial charge in [-0.2, -0.15) is 5.10 Å². The molecular weight excluding hydrogens is 408 g/mol. The molecule has 1 aliphatic heterocycles. The molecule has 1 unspecified atom stereocenters. The van der Waals surface area contributed by atoms with E-state index in [1.165, 1.54) is 16.8 Å². The third kappa shape index (κ3) is 3.80. The third-order valence-corrected chi connectivity index (χ3v) is 5.56. The van der Waals surface area contributed by atoms with Crippen LogP contribution < -0.4 is 10.2 Å². The highest BCUT2D eigenvalue weighted by atomic mass is 19.1. The van der Waals surface area contributed by atoms with Gasteiger partial charge in [0.2, 0.25) is 0 Å². The first-order chi connectivity index (χ1) is 15.0. The Morgan fingerprint density at radius 1 is 1.16 bits per heavy atom. The number of hydrogen-bond acceptors (Lipinski definition) is 6. The van der Waals surface area contributed by atoms with E-state index in [-0.39, 0.29) is 23.2 Å². The van der Waals surface area contributed by atoms with Gasteiger partial charge in [0, 0.05) is 18.3 Å². The molecule has 1 saturated heterocycles. The number of anilines is 2. The third-order valence-electron chi connectivity index (χ3n) is 5.56. The van der Waals surface area contributed by atoms with Gasteiger partial charge in [0.05, 0.1) is 18.2 Å². The number of fused-ring (bicyclic) bond motifs is 1. The predicted octanol–water partition coefficient (Wildman–Crippen LogP) is 3.83. The van der Waals surface area contributed by atoms with Crippen LogP contribution in [-0.4, -0.2) is 33.2 Å². The first-order valence-corrected chi connectivity index (χ1v) is 10.1. The van der Waals surface area contributed by atoms with Gasteiger partial charge in [0.15, 0.2) is 5.65 Å². The molecule has 2 fully saturated rings. The number of nitrogens with one attached hydrogen (secondary N) is 1. The second kappa shape index (κ2) is 7.60. The van der Waals surface area contributed by atoms with Crippen LogP contribution in [0.4, 0.5) is 25.1 Å². The minimum atomic E-state index is -0.889. The lowest BCUT2D eigenvalue weighted by Crippen LogP contribution is -2.24. The molecule has 2 aromatic heterocycles. The first-order valence-electron chi connectivity index (χ1n) is 10.1. The molecule has 0 radical (unpaired) electrons. The van der Waals surface area contributed by atoms with Gasteiger partial charge in [-0.15, -0.1) is 0 Å². The smallest absolute Gasteiger partial charge is 0.376 e. The molecule has 3 aromatic rings. The first kappa shape index (κ1) is 19.4. The summed E-state index contributed by atoms with van der Waals surface area (Å²) in [5.74, 6) is -1.15. The molecule has 1 aliphatic carbocycles. The molecule has 3 heterocycles. The zero-order chi connectivity index (χ0) is 21.5. The van der Waals surface area contributed by atoms with Crippen molar-refractivity contribution >= 4 is 29.2 Å². The molecule has 2 aliphatic rings. The van der Waals surface area contributed by atoms with Crippen molar-refractivity contribution in [3.05, 3.63) is 53.9 Å². The van der Waals surface area contributed by atoms with Crippen LogP contribution in [0.15, 0.2) is 36.7 Å². The average molecular weight is 427 g/mol. The van der Waals surface area contributed by atoms with E-state index in [4.69, 9.17) is 4.74 Å².